The fourth-order valence-electron chi connectivity index (χ4n) is 8.65. The molecule has 8 rings (SSSR count). The fraction of sp³-hybridized carbons (Fsp3) is 0.339. The van der Waals surface area contributed by atoms with E-state index in [0.29, 0.717) is 46.4 Å². The van der Waals surface area contributed by atoms with E-state index in [1.165, 1.54) is 100.0 Å². The first-order valence-corrected chi connectivity index (χ1v) is 23.7. The van der Waals surface area contributed by atoms with E-state index in [1.807, 2.05) is 55.5 Å². The number of quaternary nitrogens is 2. The number of halogens is 3. The second-order valence-electron chi connectivity index (χ2n) is 18.2. The number of ketones is 1. The lowest BCUT2D eigenvalue weighted by atomic mass is 10.0. The van der Waals surface area contributed by atoms with Crippen LogP contribution in [0.25, 0.3) is 22.5 Å². The summed E-state index contributed by atoms with van der Waals surface area (Å²) in [4.78, 5) is 33.3. The highest BCUT2D eigenvalue weighted by molar-refractivity contribution is 6.67. The van der Waals surface area contributed by atoms with Crippen LogP contribution in [0.1, 0.15) is 83.5 Å². The topological polar surface area (TPSA) is 104 Å². The number of piperidine rings is 2. The first-order chi connectivity index (χ1) is 32.2. The summed E-state index contributed by atoms with van der Waals surface area (Å²) < 4.78 is 39.7. The molecule has 0 bridgehead atoms. The van der Waals surface area contributed by atoms with Crippen molar-refractivity contribution in [2.45, 2.75) is 65.2 Å². The van der Waals surface area contributed by atoms with Crippen LogP contribution in [0.5, 0.6) is 23.0 Å². The molecule has 12 heteroatoms. The molecule has 0 saturated carbocycles. The number of aromatic nitrogens is 2. The number of hydrogen-bond donors (Lipinski definition) is 1. The van der Waals surface area contributed by atoms with Crippen molar-refractivity contribution in [1.82, 2.24) is 9.97 Å². The summed E-state index contributed by atoms with van der Waals surface area (Å²) >= 11 is 5.55. The Hall–Kier alpha value is -5.85. The van der Waals surface area contributed by atoms with E-state index in [4.69, 9.17) is 26.8 Å². The maximum Gasteiger partial charge on any atom is 0.252 e. The number of benzene rings is 4. The Bertz CT molecular complexity index is 2520. The third-order valence-corrected chi connectivity index (χ3v) is 12.6. The third-order valence-electron chi connectivity index (χ3n) is 12.4. The van der Waals surface area contributed by atoms with Crippen LogP contribution in [0.2, 0.25) is 0 Å². The Morgan fingerprint density at radius 1 is 0.574 bits per heavy atom. The number of likely N-dealkylation sites (tertiary alicyclic amines) is 2. The van der Waals surface area contributed by atoms with E-state index in [0.717, 1.165) is 52.1 Å². The minimum Gasteiger partial charge on any atom is -0.457 e. The van der Waals surface area contributed by atoms with Gasteiger partial charge in [0.05, 0.1) is 64.8 Å². The molecule has 4 aromatic carbocycles. The number of hydrogen-bond acceptors (Lipinski definition) is 7. The number of pyridine rings is 2. The third kappa shape index (κ3) is 16.4. The largest absolute Gasteiger partial charge is 0.457 e. The SMILES string of the molecule is C[N+]1(CCN)CCCCC1.Cc1cc(C(=O)CCC[N+]2(C)CCCCC2)cc(-c2ccc(Oc3ccc(F)cc3)cc2)n1.Cc1cc(C(=O)Cl)cc(-c2ccc(Oc3ccc(F)cc3)cc2)n1.[CH3-]. The highest BCUT2D eigenvalue weighted by atomic mass is 35.5. The first kappa shape index (κ1) is 53.1. The Morgan fingerprint density at radius 2 is 0.941 bits per heavy atom. The average molecular weight is 948 g/mol. The summed E-state index contributed by atoms with van der Waals surface area (Å²) in [6, 6.07) is 33.6. The molecule has 0 atom stereocenters. The molecule has 0 aliphatic carbocycles. The summed E-state index contributed by atoms with van der Waals surface area (Å²) in [7, 11) is 4.65. The predicted molar refractivity (Wildman–Crippen MR) is 270 cm³/mol. The summed E-state index contributed by atoms with van der Waals surface area (Å²) in [6.07, 6.45) is 9.65. The maximum atomic E-state index is 13.1. The van der Waals surface area contributed by atoms with E-state index >= 15 is 0 Å². The van der Waals surface area contributed by atoms with E-state index in [2.05, 4.69) is 24.1 Å². The van der Waals surface area contributed by atoms with Crippen LogP contribution in [0.3, 0.4) is 0 Å². The minimum absolute atomic E-state index is 0. The molecule has 4 heterocycles. The number of nitrogens with two attached hydrogens (primary N) is 1. The van der Waals surface area contributed by atoms with Gasteiger partial charge < -0.3 is 31.6 Å². The standard InChI is InChI=1S/C28H32FN2O2.C19H13ClFNO2.C8H19N2.CH3/c1-21-19-23(28(32)7-6-18-31(2)16-4-3-5-17-31)20-27(30-21)22-8-12-25(13-9-22)33-26-14-10-24(29)11-15-26;1-12-10-14(19(20)23)11-18(22-12)13-2-6-16(7-3-13)24-17-8-4-15(21)5-9-17;1-10(8-5-9)6-3-2-4-7-10;/h8-15,19-20H,3-7,16-18H2,1-2H3;2-11H,1H3;2-9H2,1H3;1H3/q+1;;+1;-1. The van der Waals surface area contributed by atoms with Gasteiger partial charge in [-0.15, -0.1) is 0 Å². The highest BCUT2D eigenvalue weighted by Gasteiger charge is 2.25. The number of rotatable bonds is 14. The summed E-state index contributed by atoms with van der Waals surface area (Å²) in [5, 5.41) is -0.516. The molecule has 2 aliphatic heterocycles. The zero-order valence-electron chi connectivity index (χ0n) is 40.3. The van der Waals surface area contributed by atoms with Gasteiger partial charge in [-0.05, 0) is 185 Å². The van der Waals surface area contributed by atoms with Gasteiger partial charge in [-0.3, -0.25) is 19.6 Å². The van der Waals surface area contributed by atoms with Crippen LogP contribution in [-0.4, -0.2) is 89.9 Å². The Labute approximate surface area is 407 Å². The molecule has 0 radical (unpaired) electrons. The van der Waals surface area contributed by atoms with Crippen LogP contribution < -0.4 is 15.2 Å². The number of carbonyl (C=O) groups excluding carboxylic acids is 2. The number of aryl methyl sites for hydroxylation is 2. The molecule has 0 unspecified atom stereocenters. The number of likely N-dealkylation sites (N-methyl/N-ethyl adjacent to an activating group) is 1. The van der Waals surface area contributed by atoms with Crippen molar-refractivity contribution in [2.24, 2.45) is 5.73 Å². The molecular weight excluding hydrogens is 880 g/mol. The monoisotopic (exact) mass is 946 g/mol. The van der Waals surface area contributed by atoms with E-state index in [9.17, 15) is 18.4 Å². The van der Waals surface area contributed by atoms with Crippen LogP contribution in [-0.2, 0) is 0 Å². The minimum atomic E-state index is -0.516. The molecule has 68 heavy (non-hydrogen) atoms. The van der Waals surface area contributed by atoms with E-state index in [-0.39, 0.29) is 24.8 Å². The molecule has 2 fully saturated rings. The van der Waals surface area contributed by atoms with Gasteiger partial charge in [0.15, 0.2) is 5.78 Å². The van der Waals surface area contributed by atoms with Crippen molar-refractivity contribution in [3.8, 4) is 45.5 Å². The molecule has 360 valence electrons. The van der Waals surface area contributed by atoms with Gasteiger partial charge >= 0.3 is 0 Å². The molecule has 0 spiro atoms. The summed E-state index contributed by atoms with van der Waals surface area (Å²) in [5.41, 5.74) is 11.4. The second kappa shape index (κ2) is 25.5. The zero-order valence-corrected chi connectivity index (χ0v) is 41.0. The quantitative estimate of drug-likeness (QED) is 0.0502. The smallest absolute Gasteiger partial charge is 0.252 e. The number of carbonyl (C=O) groups is 2. The van der Waals surface area contributed by atoms with Crippen molar-refractivity contribution in [3.05, 3.63) is 163 Å². The van der Waals surface area contributed by atoms with E-state index in [1.54, 1.807) is 55.5 Å². The molecule has 0 amide bonds. The number of Topliss-reactive ketones (excluding diaryl/α,β-unsaturated/α-hetero) is 1. The molecule has 2 saturated heterocycles. The average Bonchev–Trinajstić information content (AvgIpc) is 3.31. The molecule has 6 aromatic rings. The lowest BCUT2D eigenvalue weighted by molar-refractivity contribution is -0.914. The summed E-state index contributed by atoms with van der Waals surface area (Å²) in [6.45, 7) is 12.0. The lowest BCUT2D eigenvalue weighted by Gasteiger charge is -2.37. The van der Waals surface area contributed by atoms with Crippen molar-refractivity contribution < 1.29 is 36.8 Å². The van der Waals surface area contributed by atoms with Gasteiger partial charge in [0.2, 0.25) is 0 Å². The van der Waals surface area contributed by atoms with Gasteiger partial charge in [-0.2, -0.15) is 0 Å². The molecular formula is C56H67ClF2N5O4+. The zero-order chi connectivity index (χ0) is 47.8. The van der Waals surface area contributed by atoms with Crippen LogP contribution in [0, 0.1) is 32.9 Å². The van der Waals surface area contributed by atoms with Gasteiger partial charge in [0.1, 0.15) is 34.6 Å². The van der Waals surface area contributed by atoms with Gasteiger partial charge in [-0.25, -0.2) is 8.78 Å². The molecule has 2 aromatic heterocycles. The van der Waals surface area contributed by atoms with Crippen molar-refractivity contribution >= 4 is 22.6 Å². The predicted octanol–water partition coefficient (Wildman–Crippen LogP) is 13.0. The van der Waals surface area contributed by atoms with Gasteiger partial charge in [-0.1, -0.05) is 0 Å². The van der Waals surface area contributed by atoms with Gasteiger partial charge in [0.25, 0.3) is 5.24 Å². The highest BCUT2D eigenvalue weighted by Crippen LogP contribution is 2.29. The van der Waals surface area contributed by atoms with Gasteiger partial charge in [0, 0.05) is 53.0 Å². The molecule has 2 aliphatic rings. The number of nitrogens with zero attached hydrogens (tertiary/aromatic N) is 4. The lowest BCUT2D eigenvalue weighted by Crippen LogP contribution is -2.50. The second-order valence-corrected chi connectivity index (χ2v) is 18.6. The van der Waals surface area contributed by atoms with Crippen molar-refractivity contribution in [3.63, 3.8) is 0 Å². The van der Waals surface area contributed by atoms with Crippen LogP contribution in [0.15, 0.2) is 121 Å². The van der Waals surface area contributed by atoms with Crippen LogP contribution in [0.4, 0.5) is 8.78 Å². The van der Waals surface area contributed by atoms with Crippen molar-refractivity contribution in [1.29, 1.82) is 0 Å². The fourth-order valence-corrected chi connectivity index (χ4v) is 8.76. The summed E-state index contributed by atoms with van der Waals surface area (Å²) in [5.74, 6) is 1.97. The Morgan fingerprint density at radius 3 is 1.34 bits per heavy atom. The molecule has 9 nitrogen and oxygen atoms in total. The Kier molecular flexibility index (Phi) is 19.9. The van der Waals surface area contributed by atoms with E-state index < -0.39 is 5.24 Å². The normalized spacial score (nSPS) is 14.7. The number of ether oxygens (including phenoxy) is 2. The Balaban J connectivity index is 0.000000215. The molecule has 2 N–H and O–H groups in total. The first-order valence-electron chi connectivity index (χ1n) is 23.3. The van der Waals surface area contributed by atoms with Crippen molar-refractivity contribution in [2.75, 3.05) is 59.9 Å². The van der Waals surface area contributed by atoms with Crippen LogP contribution >= 0.6 is 11.6 Å². The maximum absolute atomic E-state index is 13.1.